The van der Waals surface area contributed by atoms with Crippen LogP contribution in [-0.4, -0.2) is 35.1 Å². The van der Waals surface area contributed by atoms with Crippen molar-refractivity contribution in [3.63, 3.8) is 0 Å². The Labute approximate surface area is 170 Å². The second-order valence-corrected chi connectivity index (χ2v) is 6.94. The fourth-order valence-corrected chi connectivity index (χ4v) is 3.70. The molecule has 6 aromatic rings. The molecule has 0 unspecified atom stereocenters. The molecule has 2 N–H and O–H groups in total. The van der Waals surface area contributed by atoms with Gasteiger partial charge in [0, 0.05) is 46.6 Å². The molecule has 30 heavy (non-hydrogen) atoms. The van der Waals surface area contributed by atoms with Crippen molar-refractivity contribution in [2.24, 2.45) is 0 Å². The monoisotopic (exact) mass is 389 g/mol. The summed E-state index contributed by atoms with van der Waals surface area (Å²) in [4.78, 5) is 21.1. The van der Waals surface area contributed by atoms with Crippen molar-refractivity contribution in [3.05, 3.63) is 79.5 Å². The fraction of sp³-hybridized carbons (Fsp3) is 0. The predicted molar refractivity (Wildman–Crippen MR) is 115 cm³/mol. The fourth-order valence-electron chi connectivity index (χ4n) is 3.70. The molecule has 0 aliphatic rings. The van der Waals surface area contributed by atoms with E-state index >= 15 is 0 Å². The van der Waals surface area contributed by atoms with Gasteiger partial charge in [-0.25, -0.2) is 0 Å². The first-order valence-electron chi connectivity index (χ1n) is 9.51. The zero-order valence-corrected chi connectivity index (χ0v) is 15.7. The maximum absolute atomic E-state index is 4.59. The molecule has 0 bridgehead atoms. The molecule has 0 radical (unpaired) electrons. The maximum Gasteiger partial charge on any atom is 0.116 e. The first kappa shape index (κ1) is 16.6. The first-order valence-corrected chi connectivity index (χ1v) is 9.51. The van der Waals surface area contributed by atoms with E-state index in [1.165, 1.54) is 0 Å². The number of hydrogen-bond acceptors (Lipinski definition) is 5. The number of rotatable bonds is 3. The Hall–Kier alpha value is -4.39. The predicted octanol–water partition coefficient (Wildman–Crippen LogP) is 4.63. The molecule has 7 heteroatoms. The Morgan fingerprint density at radius 2 is 1.57 bits per heavy atom. The van der Waals surface area contributed by atoms with Crippen LogP contribution >= 0.6 is 0 Å². The van der Waals surface area contributed by atoms with E-state index in [4.69, 9.17) is 0 Å². The third-order valence-corrected chi connectivity index (χ3v) is 5.13. The molecule has 0 spiro atoms. The zero-order chi connectivity index (χ0) is 19.9. The second-order valence-electron chi connectivity index (χ2n) is 6.94. The molecule has 142 valence electrons. The van der Waals surface area contributed by atoms with Gasteiger partial charge in [-0.1, -0.05) is 6.07 Å². The average molecular weight is 389 g/mol. The number of aromatic nitrogens is 7. The Bertz CT molecular complexity index is 1480. The summed E-state index contributed by atoms with van der Waals surface area (Å²) in [5.41, 5.74) is 7.19. The number of aromatic amines is 2. The Morgan fingerprint density at radius 1 is 0.667 bits per heavy atom. The normalized spacial score (nSPS) is 11.3. The van der Waals surface area contributed by atoms with E-state index in [9.17, 15) is 0 Å². The minimum absolute atomic E-state index is 0.806. The van der Waals surface area contributed by atoms with Crippen molar-refractivity contribution < 1.29 is 0 Å². The van der Waals surface area contributed by atoms with Crippen LogP contribution < -0.4 is 0 Å². The van der Waals surface area contributed by atoms with Crippen molar-refractivity contribution in [1.82, 2.24) is 35.1 Å². The van der Waals surface area contributed by atoms with Gasteiger partial charge in [0.15, 0.2) is 0 Å². The molecule has 0 aliphatic carbocycles. The molecule has 0 aliphatic heterocycles. The third-order valence-electron chi connectivity index (χ3n) is 5.13. The summed E-state index contributed by atoms with van der Waals surface area (Å²) >= 11 is 0. The van der Waals surface area contributed by atoms with Gasteiger partial charge in [-0.2, -0.15) is 5.10 Å². The molecule has 0 saturated heterocycles. The van der Waals surface area contributed by atoms with Gasteiger partial charge in [-0.15, -0.1) is 0 Å². The van der Waals surface area contributed by atoms with Crippen LogP contribution in [0.5, 0.6) is 0 Å². The van der Waals surface area contributed by atoms with Gasteiger partial charge in [-0.3, -0.25) is 25.0 Å². The Balaban J connectivity index is 1.52. The highest BCUT2D eigenvalue weighted by molar-refractivity contribution is 6.00. The van der Waals surface area contributed by atoms with Gasteiger partial charge in [0.05, 0.1) is 34.5 Å². The molecule has 0 amide bonds. The van der Waals surface area contributed by atoms with Crippen LogP contribution in [0.25, 0.3) is 55.8 Å². The van der Waals surface area contributed by atoms with Crippen molar-refractivity contribution >= 4 is 21.8 Å². The number of nitrogens with one attached hydrogen (secondary N) is 2. The zero-order valence-electron chi connectivity index (χ0n) is 15.7. The van der Waals surface area contributed by atoms with Gasteiger partial charge < -0.3 is 4.98 Å². The molecule has 0 aromatic carbocycles. The molecular weight excluding hydrogens is 374 g/mol. The van der Waals surface area contributed by atoms with E-state index in [1.54, 1.807) is 24.8 Å². The standard InChI is InChI=1S/C23H15N7/c1-2-7-25-18(3-1)19-11-16-21(13-27-19)29-30-23(16)20-12-15-17(28-20)6-10-26-22(15)14-4-8-24-9-5-14/h1-13,28H,(H,29,30). The Kier molecular flexibility index (Phi) is 3.64. The summed E-state index contributed by atoms with van der Waals surface area (Å²) in [6, 6.07) is 15.8. The summed E-state index contributed by atoms with van der Waals surface area (Å²) in [5.74, 6) is 0. The van der Waals surface area contributed by atoms with Crippen molar-refractivity contribution in [3.8, 4) is 34.0 Å². The van der Waals surface area contributed by atoms with Crippen LogP contribution in [-0.2, 0) is 0 Å². The minimum atomic E-state index is 0.806. The summed E-state index contributed by atoms with van der Waals surface area (Å²) in [6.07, 6.45) is 8.92. The number of pyridine rings is 4. The van der Waals surface area contributed by atoms with E-state index in [0.717, 1.165) is 55.8 Å². The average Bonchev–Trinajstić information content (AvgIpc) is 3.43. The third kappa shape index (κ3) is 2.64. The second kappa shape index (κ2) is 6.59. The van der Waals surface area contributed by atoms with E-state index in [-0.39, 0.29) is 0 Å². The quantitative estimate of drug-likeness (QED) is 0.460. The number of hydrogen-bond donors (Lipinski definition) is 2. The molecule has 0 saturated carbocycles. The largest absolute Gasteiger partial charge is 0.353 e. The Morgan fingerprint density at radius 3 is 2.43 bits per heavy atom. The van der Waals surface area contributed by atoms with E-state index in [2.05, 4.69) is 41.2 Å². The molecular formula is C23H15N7. The van der Waals surface area contributed by atoms with Gasteiger partial charge >= 0.3 is 0 Å². The number of fused-ring (bicyclic) bond motifs is 2. The molecule has 6 rings (SSSR count). The SMILES string of the molecule is c1ccc(-c2cc3c(-c4cc5c(-c6ccncc6)nccc5[nH]4)n[nH]c3cn2)nc1. The number of H-pyrrole nitrogens is 2. The van der Waals surface area contributed by atoms with Gasteiger partial charge in [-0.05, 0) is 42.5 Å². The molecule has 7 nitrogen and oxygen atoms in total. The van der Waals surface area contributed by atoms with Crippen molar-refractivity contribution in [1.29, 1.82) is 0 Å². The highest BCUT2D eigenvalue weighted by Crippen LogP contribution is 2.33. The van der Waals surface area contributed by atoms with Crippen LogP contribution in [0.2, 0.25) is 0 Å². The smallest absolute Gasteiger partial charge is 0.116 e. The van der Waals surface area contributed by atoms with Gasteiger partial charge in [0.1, 0.15) is 5.69 Å². The highest BCUT2D eigenvalue weighted by Gasteiger charge is 2.15. The molecule has 6 heterocycles. The summed E-state index contributed by atoms with van der Waals surface area (Å²) in [7, 11) is 0. The van der Waals surface area contributed by atoms with E-state index < -0.39 is 0 Å². The van der Waals surface area contributed by atoms with Gasteiger partial charge in [0.2, 0.25) is 0 Å². The number of nitrogens with zero attached hydrogens (tertiary/aromatic N) is 5. The van der Waals surface area contributed by atoms with Crippen molar-refractivity contribution in [2.75, 3.05) is 0 Å². The van der Waals surface area contributed by atoms with Crippen molar-refractivity contribution in [2.45, 2.75) is 0 Å². The van der Waals surface area contributed by atoms with E-state index in [1.807, 2.05) is 48.7 Å². The van der Waals surface area contributed by atoms with E-state index in [0.29, 0.717) is 0 Å². The lowest BCUT2D eigenvalue weighted by molar-refractivity contribution is 1.11. The summed E-state index contributed by atoms with van der Waals surface area (Å²) < 4.78 is 0. The lowest BCUT2D eigenvalue weighted by atomic mass is 10.1. The maximum atomic E-state index is 4.59. The lowest BCUT2D eigenvalue weighted by Crippen LogP contribution is -1.86. The van der Waals surface area contributed by atoms with Crippen LogP contribution in [0, 0.1) is 0 Å². The molecule has 0 fully saturated rings. The minimum Gasteiger partial charge on any atom is -0.353 e. The topological polar surface area (TPSA) is 96.0 Å². The molecule has 6 aromatic heterocycles. The summed E-state index contributed by atoms with van der Waals surface area (Å²) in [6.45, 7) is 0. The van der Waals surface area contributed by atoms with Crippen LogP contribution in [0.1, 0.15) is 0 Å². The van der Waals surface area contributed by atoms with Crippen LogP contribution in [0.3, 0.4) is 0 Å². The van der Waals surface area contributed by atoms with Gasteiger partial charge in [0.25, 0.3) is 0 Å². The van der Waals surface area contributed by atoms with Crippen LogP contribution in [0.4, 0.5) is 0 Å². The van der Waals surface area contributed by atoms with Crippen LogP contribution in [0.15, 0.2) is 79.5 Å². The highest BCUT2D eigenvalue weighted by atomic mass is 15.1. The summed E-state index contributed by atoms with van der Waals surface area (Å²) in [5, 5.41) is 9.65. The lowest BCUT2D eigenvalue weighted by Gasteiger charge is -2.01. The molecule has 0 atom stereocenters. The first-order chi connectivity index (χ1) is 14.9.